The van der Waals surface area contributed by atoms with Crippen molar-refractivity contribution < 1.29 is 14.7 Å². The Hall–Kier alpha value is -2.24. The summed E-state index contributed by atoms with van der Waals surface area (Å²) in [4.78, 5) is 27.7. The number of likely N-dealkylation sites (N-methyl/N-ethyl adjacent to an activating group) is 1. The Labute approximate surface area is 142 Å². The second-order valence-corrected chi connectivity index (χ2v) is 6.81. The number of carbonyl (C=O) groups excluding carboxylic acids is 1. The van der Waals surface area contributed by atoms with Crippen molar-refractivity contribution in [2.24, 2.45) is 5.92 Å². The Morgan fingerprint density at radius 3 is 2.54 bits per heavy atom. The summed E-state index contributed by atoms with van der Waals surface area (Å²) in [6.45, 7) is 2.09. The minimum absolute atomic E-state index is 0.0427. The normalized spacial score (nSPS) is 24.0. The highest BCUT2D eigenvalue weighted by Gasteiger charge is 2.28. The van der Waals surface area contributed by atoms with Gasteiger partial charge in [-0.15, -0.1) is 0 Å². The maximum absolute atomic E-state index is 12.6. The molecule has 6 heteroatoms. The summed E-state index contributed by atoms with van der Waals surface area (Å²) in [6, 6.07) is 8.22. The third-order valence-corrected chi connectivity index (χ3v) is 5.16. The molecule has 1 saturated carbocycles. The molecule has 24 heavy (non-hydrogen) atoms. The zero-order valence-corrected chi connectivity index (χ0v) is 14.1. The molecule has 0 saturated heterocycles. The number of urea groups is 1. The highest BCUT2D eigenvalue weighted by Crippen LogP contribution is 2.26. The van der Waals surface area contributed by atoms with Gasteiger partial charge in [-0.1, -0.05) is 18.2 Å². The number of carbonyl (C=O) groups is 2. The van der Waals surface area contributed by atoms with Crippen molar-refractivity contribution in [3.8, 4) is 0 Å². The highest BCUT2D eigenvalue weighted by molar-refractivity contribution is 5.75. The summed E-state index contributed by atoms with van der Waals surface area (Å²) >= 11 is 0. The highest BCUT2D eigenvalue weighted by atomic mass is 16.4. The molecule has 2 amide bonds. The fourth-order valence-corrected chi connectivity index (χ4v) is 3.62. The molecule has 6 nitrogen and oxygen atoms in total. The van der Waals surface area contributed by atoms with Crippen molar-refractivity contribution in [3.05, 3.63) is 29.8 Å². The number of nitrogens with one attached hydrogen (secondary N) is 1. The predicted octanol–water partition coefficient (Wildman–Crippen LogP) is 2.29. The summed E-state index contributed by atoms with van der Waals surface area (Å²) in [5, 5.41) is 12.2. The molecule has 0 aromatic heterocycles. The SMILES string of the molecule is CN1CCN(C(=O)NC2CCC(C(=O)O)CC2)Cc2ccccc21. The van der Waals surface area contributed by atoms with Crippen LogP contribution in [0.15, 0.2) is 24.3 Å². The Morgan fingerprint density at radius 1 is 1.12 bits per heavy atom. The maximum Gasteiger partial charge on any atom is 0.317 e. The van der Waals surface area contributed by atoms with E-state index in [9.17, 15) is 9.59 Å². The summed E-state index contributed by atoms with van der Waals surface area (Å²) < 4.78 is 0. The average Bonchev–Trinajstić information content (AvgIpc) is 2.75. The zero-order chi connectivity index (χ0) is 17.1. The van der Waals surface area contributed by atoms with E-state index in [0.29, 0.717) is 25.9 Å². The molecule has 0 bridgehead atoms. The Bertz CT molecular complexity index is 611. The fourth-order valence-electron chi connectivity index (χ4n) is 3.62. The van der Waals surface area contributed by atoms with Gasteiger partial charge in [-0.3, -0.25) is 4.79 Å². The molecule has 0 atom stereocenters. The smallest absolute Gasteiger partial charge is 0.317 e. The van der Waals surface area contributed by atoms with Gasteiger partial charge < -0.3 is 20.2 Å². The van der Waals surface area contributed by atoms with E-state index in [1.807, 2.05) is 24.1 Å². The Morgan fingerprint density at radius 2 is 1.83 bits per heavy atom. The number of carboxylic acids is 1. The van der Waals surface area contributed by atoms with Crippen LogP contribution in [0.3, 0.4) is 0 Å². The topological polar surface area (TPSA) is 72.9 Å². The van der Waals surface area contributed by atoms with Gasteiger partial charge in [0, 0.05) is 38.4 Å². The molecular weight excluding hydrogens is 306 g/mol. The van der Waals surface area contributed by atoms with Crippen molar-refractivity contribution >= 4 is 17.7 Å². The minimum atomic E-state index is -0.716. The lowest BCUT2D eigenvalue weighted by Gasteiger charge is -2.29. The molecule has 0 spiro atoms. The molecule has 0 radical (unpaired) electrons. The number of fused-ring (bicyclic) bond motifs is 1. The number of benzene rings is 1. The third-order valence-electron chi connectivity index (χ3n) is 5.16. The quantitative estimate of drug-likeness (QED) is 0.872. The number of hydrogen-bond acceptors (Lipinski definition) is 3. The van der Waals surface area contributed by atoms with Gasteiger partial charge in [0.2, 0.25) is 0 Å². The molecule has 2 N–H and O–H groups in total. The van der Waals surface area contributed by atoms with Crippen LogP contribution in [0, 0.1) is 5.92 Å². The number of anilines is 1. The standard InChI is InChI=1S/C18H25N3O3/c1-20-10-11-21(12-14-4-2-3-5-16(14)20)18(24)19-15-8-6-13(7-9-15)17(22)23/h2-5,13,15H,6-12H2,1H3,(H,19,24)(H,22,23). The first-order valence-corrected chi connectivity index (χ1v) is 8.62. The van der Waals surface area contributed by atoms with E-state index < -0.39 is 5.97 Å². The van der Waals surface area contributed by atoms with Crippen LogP contribution >= 0.6 is 0 Å². The zero-order valence-electron chi connectivity index (χ0n) is 14.1. The van der Waals surface area contributed by atoms with E-state index in [-0.39, 0.29) is 18.0 Å². The second-order valence-electron chi connectivity index (χ2n) is 6.81. The number of para-hydroxylation sites is 1. The molecule has 1 aromatic rings. The van der Waals surface area contributed by atoms with Crippen molar-refractivity contribution in [2.75, 3.05) is 25.0 Å². The van der Waals surface area contributed by atoms with Crippen LogP contribution in [0.2, 0.25) is 0 Å². The molecule has 1 aliphatic heterocycles. The van der Waals surface area contributed by atoms with E-state index in [2.05, 4.69) is 22.3 Å². The predicted molar refractivity (Wildman–Crippen MR) is 92.0 cm³/mol. The van der Waals surface area contributed by atoms with Crippen LogP contribution in [0.4, 0.5) is 10.5 Å². The van der Waals surface area contributed by atoms with Gasteiger partial charge in [-0.25, -0.2) is 4.79 Å². The van der Waals surface area contributed by atoms with E-state index in [0.717, 1.165) is 24.9 Å². The summed E-state index contributed by atoms with van der Waals surface area (Å²) in [6.07, 6.45) is 2.78. The third kappa shape index (κ3) is 3.63. The van der Waals surface area contributed by atoms with Crippen molar-refractivity contribution in [3.63, 3.8) is 0 Å². The maximum atomic E-state index is 12.6. The van der Waals surface area contributed by atoms with Gasteiger partial charge in [0.15, 0.2) is 0 Å². The van der Waals surface area contributed by atoms with Gasteiger partial charge in [0.1, 0.15) is 0 Å². The first-order valence-electron chi connectivity index (χ1n) is 8.62. The van der Waals surface area contributed by atoms with Crippen LogP contribution < -0.4 is 10.2 Å². The molecule has 1 fully saturated rings. The average molecular weight is 331 g/mol. The molecule has 3 rings (SSSR count). The number of carboxylic acid groups (broad SMARTS) is 1. The minimum Gasteiger partial charge on any atom is -0.481 e. The molecule has 1 heterocycles. The van der Waals surface area contributed by atoms with E-state index >= 15 is 0 Å². The number of rotatable bonds is 2. The van der Waals surface area contributed by atoms with E-state index in [4.69, 9.17) is 5.11 Å². The van der Waals surface area contributed by atoms with Crippen molar-refractivity contribution in [2.45, 2.75) is 38.3 Å². The molecule has 1 aliphatic carbocycles. The van der Waals surface area contributed by atoms with Gasteiger partial charge in [0.25, 0.3) is 0 Å². The van der Waals surface area contributed by atoms with Gasteiger partial charge >= 0.3 is 12.0 Å². The Balaban J connectivity index is 1.59. The first kappa shape index (κ1) is 16.6. The number of aliphatic carboxylic acids is 1. The van der Waals surface area contributed by atoms with E-state index in [1.165, 1.54) is 5.69 Å². The number of amides is 2. The summed E-state index contributed by atoms with van der Waals surface area (Å²) in [5.74, 6) is -0.969. The number of hydrogen-bond donors (Lipinski definition) is 2. The van der Waals surface area contributed by atoms with Crippen molar-refractivity contribution in [1.29, 1.82) is 0 Å². The summed E-state index contributed by atoms with van der Waals surface area (Å²) in [7, 11) is 2.05. The first-order chi connectivity index (χ1) is 11.5. The lowest BCUT2D eigenvalue weighted by molar-refractivity contribution is -0.142. The second kappa shape index (κ2) is 7.11. The van der Waals surface area contributed by atoms with Crippen molar-refractivity contribution in [1.82, 2.24) is 10.2 Å². The van der Waals surface area contributed by atoms with Crippen LogP contribution in [0.1, 0.15) is 31.2 Å². The van der Waals surface area contributed by atoms with Crippen LogP contribution in [0.25, 0.3) is 0 Å². The fraction of sp³-hybridized carbons (Fsp3) is 0.556. The van der Waals surface area contributed by atoms with Gasteiger partial charge in [0.05, 0.1) is 5.92 Å². The molecule has 2 aliphatic rings. The molecule has 1 aromatic carbocycles. The number of nitrogens with zero attached hydrogens (tertiary/aromatic N) is 2. The summed E-state index contributed by atoms with van der Waals surface area (Å²) in [5.41, 5.74) is 2.33. The van der Waals surface area contributed by atoms with Gasteiger partial charge in [-0.2, -0.15) is 0 Å². The van der Waals surface area contributed by atoms with Crippen LogP contribution in [-0.4, -0.2) is 48.2 Å². The monoisotopic (exact) mass is 331 g/mol. The van der Waals surface area contributed by atoms with Gasteiger partial charge in [-0.05, 0) is 37.3 Å². The molecular formula is C18H25N3O3. The molecule has 130 valence electrons. The molecule has 0 unspecified atom stereocenters. The lowest BCUT2D eigenvalue weighted by atomic mass is 9.86. The lowest BCUT2D eigenvalue weighted by Crippen LogP contribution is -2.47. The largest absolute Gasteiger partial charge is 0.481 e. The Kier molecular flexibility index (Phi) is 4.92. The van der Waals surface area contributed by atoms with Crippen LogP contribution in [-0.2, 0) is 11.3 Å². The van der Waals surface area contributed by atoms with Crippen LogP contribution in [0.5, 0.6) is 0 Å². The van der Waals surface area contributed by atoms with E-state index in [1.54, 1.807) is 0 Å².